The van der Waals surface area contributed by atoms with Crippen molar-refractivity contribution in [3.8, 4) is 0 Å². The molecule has 2 aromatic carbocycles. The zero-order valence-corrected chi connectivity index (χ0v) is 14.5. The lowest BCUT2D eigenvalue weighted by atomic mass is 9.84. The average Bonchev–Trinajstić information content (AvgIpc) is 2.54. The molecule has 3 rings (SSSR count). The number of carbonyl (C=O) groups is 1. The molecule has 1 aliphatic rings. The van der Waals surface area contributed by atoms with Gasteiger partial charge in [0.1, 0.15) is 0 Å². The molecule has 1 aliphatic heterocycles. The molecule has 0 bridgehead atoms. The zero-order chi connectivity index (χ0) is 16.6. The molecule has 2 aromatic rings. The molecule has 0 fully saturated rings. The van der Waals surface area contributed by atoms with E-state index in [1.54, 1.807) is 12.1 Å². The number of halogens is 2. The van der Waals surface area contributed by atoms with Crippen molar-refractivity contribution < 1.29 is 9.53 Å². The van der Waals surface area contributed by atoms with E-state index in [9.17, 15) is 4.79 Å². The number of likely N-dealkylation sites (N-methyl/N-ethyl adjacent to an activating group) is 1. The van der Waals surface area contributed by atoms with E-state index in [1.165, 1.54) is 7.11 Å². The van der Waals surface area contributed by atoms with Gasteiger partial charge in [0.2, 0.25) is 0 Å². The SMILES string of the molecule is COC(=O)c1cccc(C2CN(C)Cc3c(Cl)cc(Cl)cc32)c1. The molecule has 1 unspecified atom stereocenters. The van der Waals surface area contributed by atoms with Crippen LogP contribution in [0.1, 0.15) is 33.0 Å². The van der Waals surface area contributed by atoms with Crippen LogP contribution in [0.25, 0.3) is 0 Å². The lowest BCUT2D eigenvalue weighted by Gasteiger charge is -2.33. The molecule has 0 aromatic heterocycles. The van der Waals surface area contributed by atoms with Gasteiger partial charge in [-0.1, -0.05) is 35.3 Å². The third-order valence-electron chi connectivity index (χ3n) is 4.20. The average molecular weight is 350 g/mol. The van der Waals surface area contributed by atoms with Gasteiger partial charge in [0.15, 0.2) is 0 Å². The van der Waals surface area contributed by atoms with Crippen LogP contribution < -0.4 is 0 Å². The highest BCUT2D eigenvalue weighted by Crippen LogP contribution is 2.38. The molecule has 0 spiro atoms. The van der Waals surface area contributed by atoms with E-state index < -0.39 is 0 Å². The number of rotatable bonds is 2. The highest BCUT2D eigenvalue weighted by molar-refractivity contribution is 6.35. The van der Waals surface area contributed by atoms with Gasteiger partial charge in [-0.15, -0.1) is 0 Å². The van der Waals surface area contributed by atoms with Crippen molar-refractivity contribution in [3.63, 3.8) is 0 Å². The van der Waals surface area contributed by atoms with Crippen LogP contribution in [0.3, 0.4) is 0 Å². The Bertz CT molecular complexity index is 761. The third kappa shape index (κ3) is 3.23. The molecule has 0 N–H and O–H groups in total. The first-order valence-corrected chi connectivity index (χ1v) is 8.10. The van der Waals surface area contributed by atoms with Crippen LogP contribution in [-0.4, -0.2) is 31.6 Å². The number of esters is 1. The zero-order valence-electron chi connectivity index (χ0n) is 13.0. The molecule has 1 atom stereocenters. The Kier molecular flexibility index (Phi) is 4.62. The van der Waals surface area contributed by atoms with Gasteiger partial charge in [0.05, 0.1) is 12.7 Å². The number of methoxy groups -OCH3 is 1. The van der Waals surface area contributed by atoms with Crippen molar-refractivity contribution in [2.24, 2.45) is 0 Å². The standard InChI is InChI=1S/C18H17Cl2NO2/c1-21-9-15(11-4-3-5-12(6-11)18(22)23-2)14-7-13(19)8-17(20)16(14)10-21/h3-8,15H,9-10H2,1-2H3. The maximum atomic E-state index is 11.8. The molecule has 0 radical (unpaired) electrons. The van der Waals surface area contributed by atoms with Crippen LogP contribution >= 0.6 is 23.2 Å². The van der Waals surface area contributed by atoms with Gasteiger partial charge in [-0.3, -0.25) is 0 Å². The molecule has 3 nitrogen and oxygen atoms in total. The van der Waals surface area contributed by atoms with Gasteiger partial charge in [-0.25, -0.2) is 4.79 Å². The van der Waals surface area contributed by atoms with Crippen LogP contribution in [0, 0.1) is 0 Å². The number of fused-ring (bicyclic) bond motifs is 1. The Labute approximate surface area is 145 Å². The highest BCUT2D eigenvalue weighted by Gasteiger charge is 2.27. The number of benzene rings is 2. The van der Waals surface area contributed by atoms with Crippen LogP contribution in [0.15, 0.2) is 36.4 Å². The van der Waals surface area contributed by atoms with Crippen molar-refractivity contribution in [2.75, 3.05) is 20.7 Å². The number of carbonyl (C=O) groups excluding carboxylic acids is 1. The monoisotopic (exact) mass is 349 g/mol. The van der Waals surface area contributed by atoms with Crippen LogP contribution in [-0.2, 0) is 11.3 Å². The predicted molar refractivity (Wildman–Crippen MR) is 92.4 cm³/mol. The summed E-state index contributed by atoms with van der Waals surface area (Å²) in [6.45, 7) is 1.63. The Morgan fingerprint density at radius 2 is 2.04 bits per heavy atom. The fourth-order valence-corrected chi connectivity index (χ4v) is 3.70. The minimum Gasteiger partial charge on any atom is -0.465 e. The number of ether oxygens (including phenoxy) is 1. The lowest BCUT2D eigenvalue weighted by Crippen LogP contribution is -2.31. The van der Waals surface area contributed by atoms with Gasteiger partial charge in [0.25, 0.3) is 0 Å². The molecule has 23 heavy (non-hydrogen) atoms. The van der Waals surface area contributed by atoms with Gasteiger partial charge < -0.3 is 9.64 Å². The molecule has 0 saturated carbocycles. The second kappa shape index (κ2) is 6.52. The fourth-order valence-electron chi connectivity index (χ4n) is 3.13. The van der Waals surface area contributed by atoms with Crippen molar-refractivity contribution in [1.29, 1.82) is 0 Å². The van der Waals surface area contributed by atoms with Gasteiger partial charge >= 0.3 is 5.97 Å². The molecular formula is C18H17Cl2NO2. The highest BCUT2D eigenvalue weighted by atomic mass is 35.5. The summed E-state index contributed by atoms with van der Waals surface area (Å²) < 4.78 is 4.82. The van der Waals surface area contributed by atoms with Crippen LogP contribution in [0.2, 0.25) is 10.0 Å². The lowest BCUT2D eigenvalue weighted by molar-refractivity contribution is 0.0600. The predicted octanol–water partition coefficient (Wildman–Crippen LogP) is 4.36. The second-order valence-corrected chi connectivity index (χ2v) is 6.67. The molecule has 1 heterocycles. The molecule has 5 heteroatoms. The van der Waals surface area contributed by atoms with Gasteiger partial charge in [-0.05, 0) is 48.0 Å². The van der Waals surface area contributed by atoms with Crippen molar-refractivity contribution in [1.82, 2.24) is 4.90 Å². The van der Waals surface area contributed by atoms with Gasteiger partial charge in [-0.2, -0.15) is 0 Å². The number of nitrogens with zero attached hydrogens (tertiary/aromatic N) is 1. The van der Waals surface area contributed by atoms with E-state index in [-0.39, 0.29) is 11.9 Å². The minimum absolute atomic E-state index is 0.115. The van der Waals surface area contributed by atoms with E-state index in [1.807, 2.05) is 24.3 Å². The Hall–Kier alpha value is -1.55. The summed E-state index contributed by atoms with van der Waals surface area (Å²) in [5, 5.41) is 1.32. The normalized spacial score (nSPS) is 17.7. The summed E-state index contributed by atoms with van der Waals surface area (Å²) in [5.74, 6) is -0.218. The van der Waals surface area contributed by atoms with E-state index in [2.05, 4.69) is 11.9 Å². The number of hydrogen-bond donors (Lipinski definition) is 0. The smallest absolute Gasteiger partial charge is 0.337 e. The molecular weight excluding hydrogens is 333 g/mol. The van der Waals surface area contributed by atoms with Crippen molar-refractivity contribution >= 4 is 29.2 Å². The topological polar surface area (TPSA) is 29.5 Å². The summed E-state index contributed by atoms with van der Waals surface area (Å²) in [6, 6.07) is 11.3. The summed E-state index contributed by atoms with van der Waals surface area (Å²) >= 11 is 12.6. The van der Waals surface area contributed by atoms with E-state index >= 15 is 0 Å². The summed E-state index contributed by atoms with van der Waals surface area (Å²) in [6.07, 6.45) is 0. The van der Waals surface area contributed by atoms with Crippen molar-refractivity contribution in [2.45, 2.75) is 12.5 Å². The maximum Gasteiger partial charge on any atom is 0.337 e. The van der Waals surface area contributed by atoms with E-state index in [0.29, 0.717) is 15.6 Å². The number of hydrogen-bond acceptors (Lipinski definition) is 3. The Morgan fingerprint density at radius 3 is 2.78 bits per heavy atom. The van der Waals surface area contributed by atoms with E-state index in [0.717, 1.165) is 29.8 Å². The first-order chi connectivity index (χ1) is 11.0. The van der Waals surface area contributed by atoms with Crippen LogP contribution in [0.4, 0.5) is 0 Å². The minimum atomic E-state index is -0.333. The van der Waals surface area contributed by atoms with E-state index in [4.69, 9.17) is 27.9 Å². The second-order valence-electron chi connectivity index (χ2n) is 5.82. The summed E-state index contributed by atoms with van der Waals surface area (Å²) in [4.78, 5) is 14.0. The third-order valence-corrected chi connectivity index (χ3v) is 4.76. The fraction of sp³-hybridized carbons (Fsp3) is 0.278. The van der Waals surface area contributed by atoms with Gasteiger partial charge in [0, 0.05) is 29.1 Å². The Morgan fingerprint density at radius 1 is 1.26 bits per heavy atom. The molecule has 0 amide bonds. The van der Waals surface area contributed by atoms with Crippen LogP contribution in [0.5, 0.6) is 0 Å². The Balaban J connectivity index is 2.09. The largest absolute Gasteiger partial charge is 0.465 e. The first kappa shape index (κ1) is 16.3. The maximum absolute atomic E-state index is 11.8. The summed E-state index contributed by atoms with van der Waals surface area (Å²) in [7, 11) is 3.45. The van der Waals surface area contributed by atoms with Crippen molar-refractivity contribution in [3.05, 3.63) is 68.7 Å². The molecule has 0 aliphatic carbocycles. The summed E-state index contributed by atoms with van der Waals surface area (Å²) in [5.41, 5.74) is 3.83. The first-order valence-electron chi connectivity index (χ1n) is 7.34. The molecule has 120 valence electrons. The quantitative estimate of drug-likeness (QED) is 0.754. The molecule has 0 saturated heterocycles.